The molecule has 1 aromatic carbocycles. The number of hydrogen-bond acceptors (Lipinski definition) is 6. The van der Waals surface area contributed by atoms with Crippen LogP contribution in [0.25, 0.3) is 11.5 Å². The number of hydrogen-bond donors (Lipinski definition) is 0. The van der Waals surface area contributed by atoms with Crippen molar-refractivity contribution >= 4 is 17.4 Å². The highest BCUT2D eigenvalue weighted by atomic mass is 32.1. The Kier molecular flexibility index (Phi) is 3.63. The minimum absolute atomic E-state index is 0.0438. The zero-order valence-corrected chi connectivity index (χ0v) is 13.1. The minimum atomic E-state index is -0.349. The standard InChI is InChI=1S/C16H14N4O2S/c21-16-12(6-8-20(16)10-11-4-2-1-3-5-11)15-17-14(18-22-15)13-7-9-23-19-13/h1-5,7,9,12H,6,8,10H2. The molecule has 1 aliphatic rings. The van der Waals surface area contributed by atoms with E-state index in [-0.39, 0.29) is 11.8 Å². The Morgan fingerprint density at radius 2 is 2.13 bits per heavy atom. The summed E-state index contributed by atoms with van der Waals surface area (Å²) in [5.41, 5.74) is 1.80. The number of aromatic nitrogens is 3. The van der Waals surface area contributed by atoms with Crippen molar-refractivity contribution < 1.29 is 9.32 Å². The lowest BCUT2D eigenvalue weighted by molar-refractivity contribution is -0.129. The molecule has 1 aliphatic heterocycles. The van der Waals surface area contributed by atoms with Gasteiger partial charge in [0.25, 0.3) is 0 Å². The molecule has 1 unspecified atom stereocenters. The fourth-order valence-corrected chi connectivity index (χ4v) is 3.24. The molecule has 1 saturated heterocycles. The highest BCUT2D eigenvalue weighted by Crippen LogP contribution is 2.29. The molecular weight excluding hydrogens is 312 g/mol. The molecule has 0 aliphatic carbocycles. The summed E-state index contributed by atoms with van der Waals surface area (Å²) in [7, 11) is 0. The molecule has 1 amide bonds. The quantitative estimate of drug-likeness (QED) is 0.737. The fraction of sp³-hybridized carbons (Fsp3) is 0.250. The van der Waals surface area contributed by atoms with Gasteiger partial charge in [0, 0.05) is 18.5 Å². The van der Waals surface area contributed by atoms with Gasteiger partial charge >= 0.3 is 0 Å². The molecule has 0 spiro atoms. The molecule has 7 heteroatoms. The summed E-state index contributed by atoms with van der Waals surface area (Å²) < 4.78 is 9.47. The number of nitrogens with zero attached hydrogens (tertiary/aromatic N) is 4. The molecule has 3 aromatic rings. The lowest BCUT2D eigenvalue weighted by Crippen LogP contribution is -2.26. The van der Waals surface area contributed by atoms with Crippen molar-refractivity contribution in [2.24, 2.45) is 0 Å². The first-order valence-electron chi connectivity index (χ1n) is 7.38. The maximum Gasteiger partial charge on any atom is 0.239 e. The van der Waals surface area contributed by atoms with Gasteiger partial charge in [-0.15, -0.1) is 0 Å². The van der Waals surface area contributed by atoms with Crippen molar-refractivity contribution in [3.63, 3.8) is 0 Å². The molecule has 1 atom stereocenters. The molecule has 4 rings (SSSR count). The van der Waals surface area contributed by atoms with Gasteiger partial charge in [-0.3, -0.25) is 4.79 Å². The van der Waals surface area contributed by atoms with E-state index in [9.17, 15) is 4.79 Å². The second kappa shape index (κ2) is 5.92. The molecule has 6 nitrogen and oxygen atoms in total. The van der Waals surface area contributed by atoms with Crippen LogP contribution in [0.3, 0.4) is 0 Å². The van der Waals surface area contributed by atoms with Crippen LogP contribution >= 0.6 is 11.5 Å². The topological polar surface area (TPSA) is 72.1 Å². The number of amides is 1. The lowest BCUT2D eigenvalue weighted by atomic mass is 10.1. The summed E-state index contributed by atoms with van der Waals surface area (Å²) in [6.07, 6.45) is 0.699. The Bertz CT molecular complexity index is 801. The predicted octanol–water partition coefficient (Wildman–Crippen LogP) is 2.71. The normalized spacial score (nSPS) is 17.8. The first-order chi connectivity index (χ1) is 11.3. The van der Waals surface area contributed by atoms with E-state index >= 15 is 0 Å². The van der Waals surface area contributed by atoms with E-state index in [1.165, 1.54) is 11.5 Å². The zero-order chi connectivity index (χ0) is 15.6. The van der Waals surface area contributed by atoms with Gasteiger partial charge < -0.3 is 9.42 Å². The summed E-state index contributed by atoms with van der Waals surface area (Å²) in [6, 6.07) is 11.8. The number of likely N-dealkylation sites (tertiary alicyclic amines) is 1. The van der Waals surface area contributed by atoms with Gasteiger partial charge in [-0.05, 0) is 29.6 Å². The summed E-state index contributed by atoms with van der Waals surface area (Å²) in [5.74, 6) is 0.519. The highest BCUT2D eigenvalue weighted by molar-refractivity contribution is 7.03. The molecule has 116 valence electrons. The molecule has 2 aromatic heterocycles. The Morgan fingerprint density at radius 1 is 1.26 bits per heavy atom. The van der Waals surface area contributed by atoms with Crippen molar-refractivity contribution in [3.8, 4) is 11.5 Å². The Balaban J connectivity index is 1.49. The average Bonchev–Trinajstić information content (AvgIpc) is 3.30. The van der Waals surface area contributed by atoms with Gasteiger partial charge in [0.05, 0.1) is 0 Å². The largest absolute Gasteiger partial charge is 0.338 e. The van der Waals surface area contributed by atoms with E-state index in [0.717, 1.165) is 5.56 Å². The van der Waals surface area contributed by atoms with Gasteiger partial charge in [-0.1, -0.05) is 35.5 Å². The van der Waals surface area contributed by atoms with Crippen LogP contribution in [0, 0.1) is 0 Å². The van der Waals surface area contributed by atoms with Gasteiger partial charge in [-0.2, -0.15) is 9.36 Å². The van der Waals surface area contributed by atoms with Crippen molar-refractivity contribution in [2.75, 3.05) is 6.54 Å². The lowest BCUT2D eigenvalue weighted by Gasteiger charge is -2.15. The third-order valence-electron chi connectivity index (χ3n) is 3.92. The number of carbonyl (C=O) groups excluding carboxylic acids is 1. The Morgan fingerprint density at radius 3 is 2.91 bits per heavy atom. The molecular formula is C16H14N4O2S. The van der Waals surface area contributed by atoms with Crippen molar-refractivity contribution in [3.05, 3.63) is 53.2 Å². The second-order valence-electron chi connectivity index (χ2n) is 5.43. The van der Waals surface area contributed by atoms with Crippen molar-refractivity contribution in [1.29, 1.82) is 0 Å². The fourth-order valence-electron chi connectivity index (χ4n) is 2.74. The summed E-state index contributed by atoms with van der Waals surface area (Å²) in [4.78, 5) is 18.8. The highest BCUT2D eigenvalue weighted by Gasteiger charge is 2.36. The van der Waals surface area contributed by atoms with E-state index < -0.39 is 0 Å². The molecule has 0 saturated carbocycles. The molecule has 23 heavy (non-hydrogen) atoms. The second-order valence-corrected chi connectivity index (χ2v) is 6.09. The first kappa shape index (κ1) is 14.1. The van der Waals surface area contributed by atoms with Crippen LogP contribution in [0.2, 0.25) is 0 Å². The number of benzene rings is 1. The van der Waals surface area contributed by atoms with E-state index in [1.807, 2.05) is 46.7 Å². The summed E-state index contributed by atoms with van der Waals surface area (Å²) >= 11 is 1.33. The smallest absolute Gasteiger partial charge is 0.239 e. The molecule has 0 N–H and O–H groups in total. The Labute approximate surface area is 136 Å². The SMILES string of the molecule is O=C1C(c2nc(-c3ccsn3)no2)CCN1Cc1ccccc1. The maximum absolute atomic E-state index is 12.6. The van der Waals surface area contributed by atoms with Crippen molar-refractivity contribution in [2.45, 2.75) is 18.9 Å². The first-order valence-corrected chi connectivity index (χ1v) is 8.22. The number of rotatable bonds is 4. The predicted molar refractivity (Wildman–Crippen MR) is 84.6 cm³/mol. The zero-order valence-electron chi connectivity index (χ0n) is 12.3. The third-order valence-corrected chi connectivity index (χ3v) is 4.48. The van der Waals surface area contributed by atoms with Crippen LogP contribution < -0.4 is 0 Å². The molecule has 1 fully saturated rings. The third kappa shape index (κ3) is 2.75. The summed E-state index contributed by atoms with van der Waals surface area (Å²) in [6.45, 7) is 1.32. The molecule has 0 bridgehead atoms. The van der Waals surface area contributed by atoms with E-state index in [4.69, 9.17) is 4.52 Å². The van der Waals surface area contributed by atoms with Crippen LogP contribution in [0.5, 0.6) is 0 Å². The van der Waals surface area contributed by atoms with Crippen LogP contribution in [0.4, 0.5) is 0 Å². The van der Waals surface area contributed by atoms with Gasteiger partial charge in [0.1, 0.15) is 11.6 Å². The Hall–Kier alpha value is -2.54. The van der Waals surface area contributed by atoms with Crippen LogP contribution in [-0.4, -0.2) is 31.9 Å². The number of carbonyl (C=O) groups is 1. The van der Waals surface area contributed by atoms with Crippen LogP contribution in [-0.2, 0) is 11.3 Å². The van der Waals surface area contributed by atoms with Gasteiger partial charge in [0.15, 0.2) is 0 Å². The van der Waals surface area contributed by atoms with Gasteiger partial charge in [-0.25, -0.2) is 0 Å². The minimum Gasteiger partial charge on any atom is -0.338 e. The van der Waals surface area contributed by atoms with E-state index in [2.05, 4.69) is 14.5 Å². The van der Waals surface area contributed by atoms with E-state index in [1.54, 1.807) is 0 Å². The molecule has 0 radical (unpaired) electrons. The van der Waals surface area contributed by atoms with E-state index in [0.29, 0.717) is 36.9 Å². The van der Waals surface area contributed by atoms with Crippen LogP contribution in [0.1, 0.15) is 23.8 Å². The monoisotopic (exact) mass is 326 g/mol. The molecule has 3 heterocycles. The van der Waals surface area contributed by atoms with Crippen molar-refractivity contribution in [1.82, 2.24) is 19.4 Å². The average molecular weight is 326 g/mol. The maximum atomic E-state index is 12.6. The van der Waals surface area contributed by atoms with Crippen LogP contribution in [0.15, 0.2) is 46.3 Å². The van der Waals surface area contributed by atoms with Gasteiger partial charge in [0.2, 0.25) is 17.6 Å². The summed E-state index contributed by atoms with van der Waals surface area (Å²) in [5, 5.41) is 5.79.